The molecule has 0 saturated heterocycles. The summed E-state index contributed by atoms with van der Waals surface area (Å²) in [5.41, 5.74) is 0. The molecule has 1 N–H and O–H groups in total. The highest BCUT2D eigenvalue weighted by molar-refractivity contribution is 7.90. The van der Waals surface area contributed by atoms with Crippen molar-refractivity contribution in [3.8, 4) is 0 Å². The molecule has 0 aliphatic carbocycles. The minimum absolute atomic E-state index is 0.0680. The van der Waals surface area contributed by atoms with Gasteiger partial charge in [0.15, 0.2) is 4.90 Å². The van der Waals surface area contributed by atoms with E-state index in [0.717, 1.165) is 0 Å². The second kappa shape index (κ2) is 5.86. The molecular formula is C11H16N2O2S. The van der Waals surface area contributed by atoms with Gasteiger partial charge in [-0.15, -0.1) is 0 Å². The largest absolute Gasteiger partial charge is 0.612 e. The predicted octanol–water partition coefficient (Wildman–Crippen LogP) is 1.80. The summed E-state index contributed by atoms with van der Waals surface area (Å²) in [6.45, 7) is 3.95. The lowest BCUT2D eigenvalue weighted by atomic mass is 10.1. The molecule has 0 spiro atoms. The number of hydrogen-bond acceptors (Lipinski definition) is 3. The van der Waals surface area contributed by atoms with E-state index in [0.29, 0.717) is 23.1 Å². The Balaban J connectivity index is 2.67. The van der Waals surface area contributed by atoms with Crippen LogP contribution in [-0.4, -0.2) is 21.7 Å². The molecule has 1 rings (SSSR count). The van der Waals surface area contributed by atoms with E-state index in [2.05, 4.69) is 10.3 Å². The van der Waals surface area contributed by atoms with Crippen molar-refractivity contribution in [3.05, 3.63) is 18.3 Å². The number of hydrogen-bond donors (Lipinski definition) is 1. The number of pyridine rings is 1. The van der Waals surface area contributed by atoms with E-state index < -0.39 is 11.2 Å². The maximum absolute atomic E-state index is 11.5. The summed E-state index contributed by atoms with van der Waals surface area (Å²) in [7, 11) is 0. The average Bonchev–Trinajstić information content (AvgIpc) is 2.16. The van der Waals surface area contributed by atoms with Crippen LogP contribution in [0, 0.1) is 5.92 Å². The van der Waals surface area contributed by atoms with E-state index >= 15 is 0 Å². The van der Waals surface area contributed by atoms with Crippen molar-refractivity contribution < 1.29 is 9.35 Å². The molecule has 1 amide bonds. The Kier molecular flexibility index (Phi) is 4.76. The quantitative estimate of drug-likeness (QED) is 0.816. The van der Waals surface area contributed by atoms with Gasteiger partial charge in [0.25, 0.3) is 0 Å². The molecule has 1 unspecified atom stereocenters. The van der Waals surface area contributed by atoms with Crippen molar-refractivity contribution in [2.24, 2.45) is 5.92 Å². The normalized spacial score (nSPS) is 12.6. The van der Waals surface area contributed by atoms with Crippen LogP contribution in [0.4, 0.5) is 5.82 Å². The van der Waals surface area contributed by atoms with E-state index in [9.17, 15) is 9.35 Å². The van der Waals surface area contributed by atoms with Gasteiger partial charge in [0.1, 0.15) is 12.1 Å². The Morgan fingerprint density at radius 2 is 2.31 bits per heavy atom. The van der Waals surface area contributed by atoms with Gasteiger partial charge in [-0.3, -0.25) is 4.79 Å². The number of carbonyl (C=O) groups excluding carboxylic acids is 1. The van der Waals surface area contributed by atoms with Crippen molar-refractivity contribution in [2.45, 2.75) is 25.2 Å². The molecule has 16 heavy (non-hydrogen) atoms. The second-order valence-corrected chi connectivity index (χ2v) is 5.36. The van der Waals surface area contributed by atoms with Gasteiger partial charge in [-0.05, 0) is 17.1 Å². The second-order valence-electron chi connectivity index (χ2n) is 3.98. The molecule has 0 aromatic carbocycles. The third-order valence-corrected chi connectivity index (χ3v) is 2.84. The molecule has 0 radical (unpaired) electrons. The molecule has 88 valence electrons. The SMILES string of the molecule is CC(C)CC(=O)Nc1cc([S+](C)[O-])ccn1. The van der Waals surface area contributed by atoms with Crippen LogP contribution in [0.2, 0.25) is 0 Å². The first kappa shape index (κ1) is 13.0. The lowest BCUT2D eigenvalue weighted by molar-refractivity contribution is -0.116. The predicted molar refractivity (Wildman–Crippen MR) is 64.7 cm³/mol. The summed E-state index contributed by atoms with van der Waals surface area (Å²) in [6.07, 6.45) is 3.60. The van der Waals surface area contributed by atoms with Crippen LogP contribution in [0.15, 0.2) is 23.2 Å². The smallest absolute Gasteiger partial charge is 0.225 e. The number of nitrogens with one attached hydrogen (secondary N) is 1. The van der Waals surface area contributed by atoms with Gasteiger partial charge in [0.05, 0.1) is 0 Å². The van der Waals surface area contributed by atoms with Crippen LogP contribution < -0.4 is 5.32 Å². The van der Waals surface area contributed by atoms with Crippen molar-refractivity contribution in [1.29, 1.82) is 0 Å². The highest BCUT2D eigenvalue weighted by atomic mass is 32.2. The molecule has 0 bridgehead atoms. The molecule has 0 aliphatic heterocycles. The lowest BCUT2D eigenvalue weighted by Crippen LogP contribution is -2.15. The Morgan fingerprint density at radius 1 is 1.62 bits per heavy atom. The van der Waals surface area contributed by atoms with E-state index in [4.69, 9.17) is 0 Å². The highest BCUT2D eigenvalue weighted by Gasteiger charge is 2.09. The topological polar surface area (TPSA) is 65.0 Å². The van der Waals surface area contributed by atoms with Gasteiger partial charge >= 0.3 is 0 Å². The zero-order valence-electron chi connectivity index (χ0n) is 9.69. The van der Waals surface area contributed by atoms with Crippen LogP contribution >= 0.6 is 0 Å². The van der Waals surface area contributed by atoms with E-state index in [1.165, 1.54) is 0 Å². The number of anilines is 1. The molecule has 1 aromatic heterocycles. The standard InChI is InChI=1S/C11H16N2O2S/c1-8(2)6-11(14)13-10-7-9(16(3)15)4-5-12-10/h4-5,7-8H,6H2,1-3H3,(H,12,13,14). The molecule has 5 heteroatoms. The third-order valence-electron chi connectivity index (χ3n) is 1.92. The molecule has 0 aliphatic rings. The van der Waals surface area contributed by atoms with E-state index in [1.807, 2.05) is 13.8 Å². The number of amides is 1. The van der Waals surface area contributed by atoms with E-state index in [1.54, 1.807) is 24.6 Å². The van der Waals surface area contributed by atoms with Gasteiger partial charge < -0.3 is 9.87 Å². The highest BCUT2D eigenvalue weighted by Crippen LogP contribution is 2.13. The van der Waals surface area contributed by atoms with Crippen molar-refractivity contribution in [1.82, 2.24) is 4.98 Å². The molecule has 0 fully saturated rings. The van der Waals surface area contributed by atoms with Crippen molar-refractivity contribution in [3.63, 3.8) is 0 Å². The zero-order chi connectivity index (χ0) is 12.1. The van der Waals surface area contributed by atoms with Crippen LogP contribution in [-0.2, 0) is 16.0 Å². The maximum atomic E-state index is 11.5. The Labute approximate surface area is 98.6 Å². The summed E-state index contributed by atoms with van der Waals surface area (Å²) in [6, 6.07) is 3.31. The Bertz CT molecular complexity index is 367. The number of nitrogens with zero attached hydrogens (tertiary/aromatic N) is 1. The monoisotopic (exact) mass is 240 g/mol. The number of aromatic nitrogens is 1. The van der Waals surface area contributed by atoms with Gasteiger partial charge in [0, 0.05) is 24.8 Å². The average molecular weight is 240 g/mol. The zero-order valence-corrected chi connectivity index (χ0v) is 10.5. The van der Waals surface area contributed by atoms with Crippen LogP contribution in [0.5, 0.6) is 0 Å². The van der Waals surface area contributed by atoms with Crippen molar-refractivity contribution >= 4 is 22.9 Å². The first-order valence-corrected chi connectivity index (χ1v) is 6.64. The van der Waals surface area contributed by atoms with Crippen LogP contribution in [0.3, 0.4) is 0 Å². The Morgan fingerprint density at radius 3 is 2.88 bits per heavy atom. The van der Waals surface area contributed by atoms with Crippen LogP contribution in [0.1, 0.15) is 20.3 Å². The molecule has 4 nitrogen and oxygen atoms in total. The molecule has 1 heterocycles. The number of carbonyl (C=O) groups is 1. The number of rotatable bonds is 4. The van der Waals surface area contributed by atoms with Gasteiger partial charge in [-0.25, -0.2) is 4.98 Å². The first-order valence-electron chi connectivity index (χ1n) is 5.08. The van der Waals surface area contributed by atoms with Crippen molar-refractivity contribution in [2.75, 3.05) is 11.6 Å². The molecule has 0 saturated carbocycles. The van der Waals surface area contributed by atoms with E-state index in [-0.39, 0.29) is 5.91 Å². The Hall–Kier alpha value is -1.07. The lowest BCUT2D eigenvalue weighted by Gasteiger charge is -2.08. The summed E-state index contributed by atoms with van der Waals surface area (Å²) in [4.78, 5) is 16.1. The van der Waals surface area contributed by atoms with Gasteiger partial charge in [-0.1, -0.05) is 13.8 Å². The maximum Gasteiger partial charge on any atom is 0.225 e. The molecule has 1 aromatic rings. The van der Waals surface area contributed by atoms with Gasteiger partial charge in [0.2, 0.25) is 5.91 Å². The fourth-order valence-corrected chi connectivity index (χ4v) is 1.75. The molecule has 1 atom stereocenters. The summed E-state index contributed by atoms with van der Waals surface area (Å²) >= 11 is -1.06. The summed E-state index contributed by atoms with van der Waals surface area (Å²) in [5, 5.41) is 2.68. The van der Waals surface area contributed by atoms with Crippen LogP contribution in [0.25, 0.3) is 0 Å². The summed E-state index contributed by atoms with van der Waals surface area (Å²) < 4.78 is 11.2. The minimum atomic E-state index is -1.06. The first-order chi connectivity index (χ1) is 7.49. The molecular weight excluding hydrogens is 224 g/mol. The fourth-order valence-electron chi connectivity index (χ4n) is 1.22. The minimum Gasteiger partial charge on any atom is -0.612 e. The third kappa shape index (κ3) is 4.20. The fraction of sp³-hybridized carbons (Fsp3) is 0.455. The van der Waals surface area contributed by atoms with Gasteiger partial charge in [-0.2, -0.15) is 0 Å². The summed E-state index contributed by atoms with van der Waals surface area (Å²) in [5.74, 6) is 0.698.